The molecule has 0 fully saturated rings. The lowest BCUT2D eigenvalue weighted by Crippen LogP contribution is -2.08. The van der Waals surface area contributed by atoms with Crippen molar-refractivity contribution >= 4 is 22.9 Å². The zero-order valence-corrected chi connectivity index (χ0v) is 12.0. The highest BCUT2D eigenvalue weighted by Crippen LogP contribution is 2.27. The molecule has 1 aromatic heterocycles. The highest BCUT2D eigenvalue weighted by molar-refractivity contribution is 7.16. The van der Waals surface area contributed by atoms with Gasteiger partial charge in [0, 0.05) is 16.5 Å². The van der Waals surface area contributed by atoms with Crippen LogP contribution in [-0.4, -0.2) is 0 Å². The van der Waals surface area contributed by atoms with E-state index in [-0.39, 0.29) is 6.04 Å². The fourth-order valence-electron chi connectivity index (χ4n) is 1.73. The van der Waals surface area contributed by atoms with Gasteiger partial charge in [-0.1, -0.05) is 29.3 Å². The average Bonchev–Trinajstić information content (AvgIpc) is 2.73. The fourth-order valence-corrected chi connectivity index (χ4v) is 2.73. The van der Waals surface area contributed by atoms with Crippen molar-refractivity contribution in [1.29, 1.82) is 0 Å². The second kappa shape index (κ2) is 5.74. The molecular formula is C14H16ClNOS. The minimum atomic E-state index is -0.0353. The predicted octanol–water partition coefficient (Wildman–Crippen LogP) is 4.31. The Kier molecular flexibility index (Phi) is 4.27. The number of rotatable bonds is 4. The van der Waals surface area contributed by atoms with E-state index in [2.05, 4.69) is 13.0 Å². The van der Waals surface area contributed by atoms with Crippen molar-refractivity contribution in [3.05, 3.63) is 50.7 Å². The number of hydrogen-bond acceptors (Lipinski definition) is 3. The van der Waals surface area contributed by atoms with Crippen molar-refractivity contribution in [3.8, 4) is 5.75 Å². The van der Waals surface area contributed by atoms with Crippen molar-refractivity contribution in [2.45, 2.75) is 26.5 Å². The summed E-state index contributed by atoms with van der Waals surface area (Å²) < 4.78 is 6.61. The molecule has 0 radical (unpaired) electrons. The SMILES string of the molecule is Cc1ccc(OCc2ccc(Cl)s2)c(C(C)N)c1. The molecule has 0 bridgehead atoms. The van der Waals surface area contributed by atoms with Gasteiger partial charge in [0.25, 0.3) is 0 Å². The third-order valence-corrected chi connectivity index (χ3v) is 3.86. The molecule has 0 aliphatic rings. The average molecular weight is 282 g/mol. The molecule has 0 aliphatic heterocycles. The Balaban J connectivity index is 2.13. The van der Waals surface area contributed by atoms with Crippen LogP contribution in [0.4, 0.5) is 0 Å². The van der Waals surface area contributed by atoms with Gasteiger partial charge >= 0.3 is 0 Å². The highest BCUT2D eigenvalue weighted by atomic mass is 35.5. The lowest BCUT2D eigenvalue weighted by atomic mass is 10.1. The van der Waals surface area contributed by atoms with Gasteiger partial charge in [-0.25, -0.2) is 0 Å². The van der Waals surface area contributed by atoms with Gasteiger partial charge in [0.1, 0.15) is 12.4 Å². The first-order chi connectivity index (χ1) is 8.56. The molecule has 2 rings (SSSR count). The summed E-state index contributed by atoms with van der Waals surface area (Å²) >= 11 is 7.42. The number of aryl methyl sites for hydroxylation is 1. The van der Waals surface area contributed by atoms with Crippen LogP contribution >= 0.6 is 22.9 Å². The van der Waals surface area contributed by atoms with Gasteiger partial charge < -0.3 is 10.5 Å². The smallest absolute Gasteiger partial charge is 0.124 e. The van der Waals surface area contributed by atoms with E-state index < -0.39 is 0 Å². The van der Waals surface area contributed by atoms with Gasteiger partial charge in [-0.05, 0) is 32.0 Å². The van der Waals surface area contributed by atoms with Crippen molar-refractivity contribution in [3.63, 3.8) is 0 Å². The Bertz CT molecular complexity index is 536. The fraction of sp³-hybridized carbons (Fsp3) is 0.286. The monoisotopic (exact) mass is 281 g/mol. The molecule has 2 N–H and O–H groups in total. The van der Waals surface area contributed by atoms with E-state index in [1.807, 2.05) is 31.2 Å². The van der Waals surface area contributed by atoms with Crippen LogP contribution in [0.3, 0.4) is 0 Å². The topological polar surface area (TPSA) is 35.2 Å². The molecule has 1 atom stereocenters. The molecule has 96 valence electrons. The third-order valence-electron chi connectivity index (χ3n) is 2.65. The molecule has 1 unspecified atom stereocenters. The van der Waals surface area contributed by atoms with Crippen LogP contribution in [0.5, 0.6) is 5.75 Å². The van der Waals surface area contributed by atoms with Crippen LogP contribution in [0, 0.1) is 6.92 Å². The Morgan fingerprint density at radius 3 is 2.72 bits per heavy atom. The Morgan fingerprint density at radius 2 is 2.11 bits per heavy atom. The summed E-state index contributed by atoms with van der Waals surface area (Å²) in [6, 6.07) is 9.90. The molecule has 1 aromatic carbocycles. The summed E-state index contributed by atoms with van der Waals surface area (Å²) in [5.41, 5.74) is 8.19. The van der Waals surface area contributed by atoms with Crippen molar-refractivity contribution in [2.24, 2.45) is 5.73 Å². The summed E-state index contributed by atoms with van der Waals surface area (Å²) in [4.78, 5) is 1.11. The first kappa shape index (κ1) is 13.4. The number of thiophene rings is 1. The molecule has 0 amide bonds. The molecule has 0 spiro atoms. The summed E-state index contributed by atoms with van der Waals surface area (Å²) in [6.07, 6.45) is 0. The molecule has 4 heteroatoms. The van der Waals surface area contributed by atoms with Gasteiger partial charge in [-0.15, -0.1) is 11.3 Å². The van der Waals surface area contributed by atoms with Gasteiger partial charge in [-0.2, -0.15) is 0 Å². The standard InChI is InChI=1S/C14H16ClNOS/c1-9-3-5-13(12(7-9)10(2)16)17-8-11-4-6-14(15)18-11/h3-7,10H,8,16H2,1-2H3. The molecular weight excluding hydrogens is 266 g/mol. The summed E-state index contributed by atoms with van der Waals surface area (Å²) in [6.45, 7) is 4.54. The quantitative estimate of drug-likeness (QED) is 0.906. The third kappa shape index (κ3) is 3.25. The minimum absolute atomic E-state index is 0.0353. The zero-order valence-electron chi connectivity index (χ0n) is 10.4. The highest BCUT2D eigenvalue weighted by Gasteiger charge is 2.09. The molecule has 0 aliphatic carbocycles. The minimum Gasteiger partial charge on any atom is -0.488 e. The second-order valence-corrected chi connectivity index (χ2v) is 6.12. The van der Waals surface area contributed by atoms with Gasteiger partial charge in [0.05, 0.1) is 4.34 Å². The van der Waals surface area contributed by atoms with Gasteiger partial charge in [0.2, 0.25) is 0 Å². The maximum absolute atomic E-state index is 5.96. The Hall–Kier alpha value is -1.03. The van der Waals surface area contributed by atoms with Crippen LogP contribution < -0.4 is 10.5 Å². The van der Waals surface area contributed by atoms with E-state index in [4.69, 9.17) is 22.1 Å². The van der Waals surface area contributed by atoms with Crippen LogP contribution in [0.15, 0.2) is 30.3 Å². The van der Waals surface area contributed by atoms with E-state index in [1.54, 1.807) is 0 Å². The number of ether oxygens (including phenoxy) is 1. The van der Waals surface area contributed by atoms with Crippen molar-refractivity contribution in [2.75, 3.05) is 0 Å². The largest absolute Gasteiger partial charge is 0.488 e. The van der Waals surface area contributed by atoms with E-state index in [0.29, 0.717) is 6.61 Å². The second-order valence-electron chi connectivity index (χ2n) is 4.32. The first-order valence-corrected chi connectivity index (χ1v) is 6.99. The van der Waals surface area contributed by atoms with E-state index in [0.717, 1.165) is 20.5 Å². The van der Waals surface area contributed by atoms with E-state index >= 15 is 0 Å². The predicted molar refractivity (Wildman–Crippen MR) is 77.4 cm³/mol. The van der Waals surface area contributed by atoms with Crippen LogP contribution in [0.1, 0.15) is 29.0 Å². The van der Waals surface area contributed by atoms with Crippen molar-refractivity contribution in [1.82, 2.24) is 0 Å². The molecule has 0 saturated carbocycles. The van der Waals surface area contributed by atoms with E-state index in [9.17, 15) is 0 Å². The zero-order chi connectivity index (χ0) is 13.1. The maximum Gasteiger partial charge on any atom is 0.124 e. The number of benzene rings is 1. The van der Waals surface area contributed by atoms with Crippen LogP contribution in [0.2, 0.25) is 4.34 Å². The molecule has 0 saturated heterocycles. The number of nitrogens with two attached hydrogens (primary N) is 1. The normalized spacial score (nSPS) is 12.4. The van der Waals surface area contributed by atoms with Gasteiger partial charge in [-0.3, -0.25) is 0 Å². The maximum atomic E-state index is 5.96. The van der Waals surface area contributed by atoms with Crippen LogP contribution in [-0.2, 0) is 6.61 Å². The molecule has 2 aromatic rings. The Morgan fingerprint density at radius 1 is 1.33 bits per heavy atom. The number of hydrogen-bond donors (Lipinski definition) is 1. The molecule has 1 heterocycles. The van der Waals surface area contributed by atoms with E-state index in [1.165, 1.54) is 16.9 Å². The summed E-state index contributed by atoms with van der Waals surface area (Å²) in [7, 11) is 0. The Labute approximate surface area is 116 Å². The van der Waals surface area contributed by atoms with Gasteiger partial charge in [0.15, 0.2) is 0 Å². The summed E-state index contributed by atoms with van der Waals surface area (Å²) in [5, 5.41) is 0. The molecule has 18 heavy (non-hydrogen) atoms. The lowest BCUT2D eigenvalue weighted by Gasteiger charge is -2.14. The first-order valence-electron chi connectivity index (χ1n) is 5.79. The summed E-state index contributed by atoms with van der Waals surface area (Å²) in [5.74, 6) is 0.847. The molecule has 2 nitrogen and oxygen atoms in total. The van der Waals surface area contributed by atoms with Crippen LogP contribution in [0.25, 0.3) is 0 Å². The number of halogens is 1. The van der Waals surface area contributed by atoms with Crippen molar-refractivity contribution < 1.29 is 4.74 Å². The lowest BCUT2D eigenvalue weighted by molar-refractivity contribution is 0.305.